The lowest BCUT2D eigenvalue weighted by atomic mass is 10.2. The number of hydrogen-bond donors (Lipinski definition) is 2. The number of likely N-dealkylation sites (N-methyl/N-ethyl adjacent to an activating group) is 1. The van der Waals surface area contributed by atoms with E-state index in [9.17, 15) is 4.79 Å². The summed E-state index contributed by atoms with van der Waals surface area (Å²) in [5, 5.41) is 6.42. The molecule has 0 unspecified atom stereocenters. The van der Waals surface area contributed by atoms with Crippen LogP contribution in [0.4, 0.5) is 23.0 Å². The van der Waals surface area contributed by atoms with Crippen LogP contribution in [0.3, 0.4) is 0 Å². The molecule has 2 aliphatic rings. The molecular formula is C28H33ClN6O3. The molecule has 38 heavy (non-hydrogen) atoms. The van der Waals surface area contributed by atoms with Crippen LogP contribution in [-0.2, 0) is 4.79 Å². The molecule has 0 spiro atoms. The standard InChI is InChI=1S/C28H33ClN6O3/c1-34-12-14-35(15-13-34)21-9-10-24(25(17-21)37-2)32-28-30-18-23(29)27(33-28)38-22-5-3-4-20(16-22)31-26(36)11-8-19-6-7-19/h3-5,9-10,16-19H,6-8,11-15H2,1-2H3,(H,31,36)(H,30,32,33). The number of hydrogen-bond acceptors (Lipinski definition) is 8. The minimum absolute atomic E-state index is 0.00759. The van der Waals surface area contributed by atoms with Crippen LogP contribution in [-0.4, -0.2) is 61.1 Å². The number of piperazine rings is 1. The number of anilines is 4. The third-order valence-electron chi connectivity index (χ3n) is 6.82. The van der Waals surface area contributed by atoms with Crippen molar-refractivity contribution in [2.75, 3.05) is 55.9 Å². The zero-order valence-corrected chi connectivity index (χ0v) is 22.5. The van der Waals surface area contributed by atoms with Gasteiger partial charge in [-0.2, -0.15) is 4.98 Å². The number of methoxy groups -OCH3 is 1. The van der Waals surface area contributed by atoms with Crippen LogP contribution < -0.4 is 25.0 Å². The molecule has 5 rings (SSSR count). The smallest absolute Gasteiger partial charge is 0.243 e. The van der Waals surface area contributed by atoms with Crippen molar-refractivity contribution in [2.24, 2.45) is 5.92 Å². The van der Waals surface area contributed by atoms with Gasteiger partial charge in [0.15, 0.2) is 0 Å². The molecule has 1 aliphatic heterocycles. The summed E-state index contributed by atoms with van der Waals surface area (Å²) in [6, 6.07) is 13.2. The number of aromatic nitrogens is 2. The first kappa shape index (κ1) is 26.1. The second-order valence-electron chi connectivity index (χ2n) is 9.81. The van der Waals surface area contributed by atoms with Gasteiger partial charge < -0.3 is 29.9 Å². The van der Waals surface area contributed by atoms with E-state index in [0.29, 0.717) is 35.5 Å². The van der Waals surface area contributed by atoms with Crippen LogP contribution in [0.15, 0.2) is 48.7 Å². The first-order valence-corrected chi connectivity index (χ1v) is 13.3. The van der Waals surface area contributed by atoms with Crippen LogP contribution in [0.1, 0.15) is 25.7 Å². The fourth-order valence-electron chi connectivity index (χ4n) is 4.36. The SMILES string of the molecule is COc1cc(N2CCN(C)CC2)ccc1Nc1ncc(Cl)c(Oc2cccc(NC(=O)CCC3CC3)c2)n1. The lowest BCUT2D eigenvalue weighted by molar-refractivity contribution is -0.116. The first-order chi connectivity index (χ1) is 18.5. The summed E-state index contributed by atoms with van der Waals surface area (Å²) < 4.78 is 11.6. The number of halogens is 1. The molecule has 1 saturated heterocycles. The van der Waals surface area contributed by atoms with Gasteiger partial charge in [0, 0.05) is 56.1 Å². The molecule has 9 nitrogen and oxygen atoms in total. The second kappa shape index (κ2) is 11.9. The molecule has 0 bridgehead atoms. The maximum Gasteiger partial charge on any atom is 0.243 e. The Balaban J connectivity index is 1.26. The van der Waals surface area contributed by atoms with Crippen molar-refractivity contribution in [3.8, 4) is 17.4 Å². The minimum Gasteiger partial charge on any atom is -0.494 e. The topological polar surface area (TPSA) is 91.9 Å². The summed E-state index contributed by atoms with van der Waals surface area (Å²) in [6.07, 6.45) is 5.44. The molecular weight excluding hydrogens is 504 g/mol. The highest BCUT2D eigenvalue weighted by molar-refractivity contribution is 6.31. The van der Waals surface area contributed by atoms with Gasteiger partial charge >= 0.3 is 0 Å². The van der Waals surface area contributed by atoms with E-state index in [1.165, 1.54) is 19.0 Å². The number of amides is 1. The molecule has 0 atom stereocenters. The average molecular weight is 537 g/mol. The molecule has 200 valence electrons. The van der Waals surface area contributed by atoms with Crippen molar-refractivity contribution >= 4 is 40.5 Å². The maximum absolute atomic E-state index is 12.2. The average Bonchev–Trinajstić information content (AvgIpc) is 3.75. The van der Waals surface area contributed by atoms with Crippen molar-refractivity contribution in [1.82, 2.24) is 14.9 Å². The Hall–Kier alpha value is -3.56. The quantitative estimate of drug-likeness (QED) is 0.348. The van der Waals surface area contributed by atoms with Gasteiger partial charge in [0.05, 0.1) is 19.0 Å². The Morgan fingerprint density at radius 2 is 1.95 bits per heavy atom. The monoisotopic (exact) mass is 536 g/mol. The van der Waals surface area contributed by atoms with E-state index in [1.807, 2.05) is 24.3 Å². The molecule has 1 aliphatic carbocycles. The molecule has 3 aromatic rings. The summed E-state index contributed by atoms with van der Waals surface area (Å²) in [6.45, 7) is 4.00. The van der Waals surface area contributed by atoms with Crippen LogP contribution >= 0.6 is 11.6 Å². The predicted molar refractivity (Wildman–Crippen MR) is 150 cm³/mol. The van der Waals surface area contributed by atoms with Gasteiger partial charge in [0.25, 0.3) is 0 Å². The van der Waals surface area contributed by atoms with E-state index in [4.69, 9.17) is 21.1 Å². The Morgan fingerprint density at radius 1 is 1.13 bits per heavy atom. The molecule has 2 fully saturated rings. The molecule has 2 N–H and O–H groups in total. The molecule has 1 saturated carbocycles. The largest absolute Gasteiger partial charge is 0.494 e. The summed E-state index contributed by atoms with van der Waals surface area (Å²) in [7, 11) is 3.78. The van der Waals surface area contributed by atoms with Gasteiger partial charge in [-0.1, -0.05) is 30.5 Å². The van der Waals surface area contributed by atoms with E-state index < -0.39 is 0 Å². The molecule has 0 radical (unpaired) electrons. The number of nitrogens with zero attached hydrogens (tertiary/aromatic N) is 4. The first-order valence-electron chi connectivity index (χ1n) is 13.0. The van der Waals surface area contributed by atoms with Gasteiger partial charge in [-0.05, 0) is 43.7 Å². The molecule has 2 heterocycles. The van der Waals surface area contributed by atoms with Gasteiger partial charge in [-0.15, -0.1) is 0 Å². The molecule has 1 amide bonds. The van der Waals surface area contributed by atoms with Crippen molar-refractivity contribution in [2.45, 2.75) is 25.7 Å². The normalized spacial score (nSPS) is 15.7. The Morgan fingerprint density at radius 3 is 2.71 bits per heavy atom. The van der Waals surface area contributed by atoms with E-state index in [0.717, 1.165) is 44.0 Å². The fraction of sp³-hybridized carbons (Fsp3) is 0.393. The van der Waals surface area contributed by atoms with E-state index in [2.05, 4.69) is 43.5 Å². The molecule has 2 aromatic carbocycles. The van der Waals surface area contributed by atoms with Gasteiger partial charge in [-0.25, -0.2) is 4.98 Å². The number of carbonyl (C=O) groups excluding carboxylic acids is 1. The third-order valence-corrected chi connectivity index (χ3v) is 7.08. The number of carbonyl (C=O) groups is 1. The van der Waals surface area contributed by atoms with E-state index >= 15 is 0 Å². The summed E-state index contributed by atoms with van der Waals surface area (Å²) in [5.74, 6) is 2.44. The Labute approximate surface area is 228 Å². The zero-order chi connectivity index (χ0) is 26.5. The summed E-state index contributed by atoms with van der Waals surface area (Å²) in [5.41, 5.74) is 2.51. The lowest BCUT2D eigenvalue weighted by Gasteiger charge is -2.34. The van der Waals surface area contributed by atoms with E-state index in [-0.39, 0.29) is 16.8 Å². The highest BCUT2D eigenvalue weighted by atomic mass is 35.5. The minimum atomic E-state index is 0.00759. The summed E-state index contributed by atoms with van der Waals surface area (Å²) >= 11 is 6.34. The Bertz CT molecular complexity index is 1280. The number of ether oxygens (including phenoxy) is 2. The number of rotatable bonds is 10. The van der Waals surface area contributed by atoms with Crippen molar-refractivity contribution < 1.29 is 14.3 Å². The van der Waals surface area contributed by atoms with Crippen LogP contribution in [0.5, 0.6) is 17.4 Å². The van der Waals surface area contributed by atoms with Gasteiger partial charge in [0.2, 0.25) is 17.7 Å². The number of benzene rings is 2. The van der Waals surface area contributed by atoms with Crippen molar-refractivity contribution in [3.05, 3.63) is 53.7 Å². The predicted octanol–water partition coefficient (Wildman–Crippen LogP) is 5.56. The van der Waals surface area contributed by atoms with Crippen LogP contribution in [0, 0.1) is 5.92 Å². The fourth-order valence-corrected chi connectivity index (χ4v) is 4.49. The maximum atomic E-state index is 12.2. The highest BCUT2D eigenvalue weighted by Crippen LogP contribution is 2.35. The zero-order valence-electron chi connectivity index (χ0n) is 21.7. The van der Waals surface area contributed by atoms with Gasteiger partial charge in [-0.3, -0.25) is 4.79 Å². The Kier molecular flexibility index (Phi) is 8.14. The molecule has 10 heteroatoms. The van der Waals surface area contributed by atoms with E-state index in [1.54, 1.807) is 19.2 Å². The van der Waals surface area contributed by atoms with Crippen LogP contribution in [0.2, 0.25) is 5.02 Å². The summed E-state index contributed by atoms with van der Waals surface area (Å²) in [4.78, 5) is 25.7. The lowest BCUT2D eigenvalue weighted by Crippen LogP contribution is -2.44. The second-order valence-corrected chi connectivity index (χ2v) is 10.2. The third kappa shape index (κ3) is 6.85. The number of nitrogens with one attached hydrogen (secondary N) is 2. The van der Waals surface area contributed by atoms with Crippen LogP contribution in [0.25, 0.3) is 0 Å². The van der Waals surface area contributed by atoms with Crippen molar-refractivity contribution in [1.29, 1.82) is 0 Å². The highest BCUT2D eigenvalue weighted by Gasteiger charge is 2.22. The van der Waals surface area contributed by atoms with Crippen molar-refractivity contribution in [3.63, 3.8) is 0 Å². The molecule has 1 aromatic heterocycles. The van der Waals surface area contributed by atoms with Gasteiger partial charge in [0.1, 0.15) is 16.5 Å².